The normalized spacial score (nSPS) is 29.3. The molecule has 72 valence electrons. The first-order valence-corrected chi connectivity index (χ1v) is 5.25. The highest BCUT2D eigenvalue weighted by Crippen LogP contribution is 2.48. The van der Waals surface area contributed by atoms with Crippen LogP contribution in [-0.4, -0.2) is 6.61 Å². The van der Waals surface area contributed by atoms with Crippen molar-refractivity contribution in [1.82, 2.24) is 0 Å². The van der Waals surface area contributed by atoms with E-state index in [2.05, 4.69) is 24.8 Å². The fraction of sp³-hybridized carbons (Fsp3) is 0.385. The molecule has 2 aliphatic rings. The molecule has 0 amide bonds. The first-order chi connectivity index (χ1) is 6.86. The topological polar surface area (TPSA) is 9.23 Å². The Morgan fingerprint density at radius 2 is 2.14 bits per heavy atom. The molecule has 0 radical (unpaired) electrons. The Bertz CT molecular complexity index is 381. The van der Waals surface area contributed by atoms with Crippen molar-refractivity contribution in [2.75, 3.05) is 6.61 Å². The number of ether oxygens (including phenoxy) is 1. The zero-order chi connectivity index (χ0) is 9.54. The molecule has 1 aliphatic carbocycles. The van der Waals surface area contributed by atoms with Gasteiger partial charge in [-0.1, -0.05) is 30.4 Å². The van der Waals surface area contributed by atoms with Crippen LogP contribution in [0.15, 0.2) is 36.4 Å². The average molecular weight is 186 g/mol. The van der Waals surface area contributed by atoms with Gasteiger partial charge in [-0.15, -0.1) is 0 Å². The van der Waals surface area contributed by atoms with Crippen LogP contribution in [0.2, 0.25) is 0 Å². The molecule has 1 heterocycles. The molecule has 3 rings (SSSR count). The highest BCUT2D eigenvalue weighted by Gasteiger charge is 2.36. The maximum atomic E-state index is 5.74. The number of fused-ring (bicyclic) bond motifs is 3. The number of hydrogen-bond donors (Lipinski definition) is 0. The summed E-state index contributed by atoms with van der Waals surface area (Å²) in [6.07, 6.45) is 2.42. The number of allylic oxidation sites excluding steroid dienone is 1. The Hall–Kier alpha value is -1.24. The molecule has 0 N–H and O–H groups in total. The molecule has 1 aromatic rings. The predicted octanol–water partition coefficient (Wildman–Crippen LogP) is 3.13. The van der Waals surface area contributed by atoms with Crippen LogP contribution in [0.1, 0.15) is 24.3 Å². The Balaban J connectivity index is 2.11. The second kappa shape index (κ2) is 2.88. The largest absolute Gasteiger partial charge is 0.493 e. The maximum Gasteiger partial charge on any atom is 0.123 e. The predicted molar refractivity (Wildman–Crippen MR) is 56.5 cm³/mol. The summed E-state index contributed by atoms with van der Waals surface area (Å²) in [6.45, 7) is 5.06. The minimum absolute atomic E-state index is 0.569. The van der Waals surface area contributed by atoms with Crippen LogP contribution in [0.4, 0.5) is 0 Å². The number of benzene rings is 1. The lowest BCUT2D eigenvalue weighted by Gasteiger charge is -2.29. The van der Waals surface area contributed by atoms with Crippen LogP contribution in [0.5, 0.6) is 5.75 Å². The van der Waals surface area contributed by atoms with Gasteiger partial charge >= 0.3 is 0 Å². The molecule has 1 saturated carbocycles. The van der Waals surface area contributed by atoms with Crippen LogP contribution in [0, 0.1) is 5.92 Å². The first-order valence-electron chi connectivity index (χ1n) is 5.25. The highest BCUT2D eigenvalue weighted by molar-refractivity contribution is 5.43. The van der Waals surface area contributed by atoms with Gasteiger partial charge < -0.3 is 4.74 Å². The summed E-state index contributed by atoms with van der Waals surface area (Å²) in [5.41, 5.74) is 2.75. The lowest BCUT2D eigenvalue weighted by Crippen LogP contribution is -2.22. The first kappa shape index (κ1) is 8.10. The second-order valence-electron chi connectivity index (χ2n) is 4.28. The van der Waals surface area contributed by atoms with E-state index in [1.54, 1.807) is 0 Å². The SMILES string of the molecule is C=C1CCC2COc3ccccc3C12. The molecular formula is C13H14O. The van der Waals surface area contributed by atoms with Crippen molar-refractivity contribution >= 4 is 0 Å². The fourth-order valence-electron chi connectivity index (χ4n) is 2.75. The Morgan fingerprint density at radius 1 is 1.29 bits per heavy atom. The van der Waals surface area contributed by atoms with E-state index in [-0.39, 0.29) is 0 Å². The minimum atomic E-state index is 0.569. The molecule has 2 atom stereocenters. The Kier molecular flexibility index (Phi) is 1.66. The molecule has 1 heteroatoms. The van der Waals surface area contributed by atoms with Gasteiger partial charge in [-0.2, -0.15) is 0 Å². The molecule has 0 bridgehead atoms. The van der Waals surface area contributed by atoms with Gasteiger partial charge in [0.05, 0.1) is 6.61 Å². The summed E-state index contributed by atoms with van der Waals surface area (Å²) in [5, 5.41) is 0. The monoisotopic (exact) mass is 186 g/mol. The van der Waals surface area contributed by atoms with Gasteiger partial charge in [-0.05, 0) is 18.9 Å². The Labute approximate surface area is 84.4 Å². The van der Waals surface area contributed by atoms with Crippen molar-refractivity contribution in [3.63, 3.8) is 0 Å². The van der Waals surface area contributed by atoms with Crippen molar-refractivity contribution < 1.29 is 4.74 Å². The van der Waals surface area contributed by atoms with Gasteiger partial charge in [0, 0.05) is 17.4 Å². The molecule has 0 aromatic heterocycles. The quantitative estimate of drug-likeness (QED) is 0.566. The zero-order valence-electron chi connectivity index (χ0n) is 8.20. The molecule has 1 aromatic carbocycles. The summed E-state index contributed by atoms with van der Waals surface area (Å²) in [5.74, 6) is 2.31. The summed E-state index contributed by atoms with van der Waals surface area (Å²) in [4.78, 5) is 0. The van der Waals surface area contributed by atoms with Crippen LogP contribution in [0.25, 0.3) is 0 Å². The van der Waals surface area contributed by atoms with Crippen LogP contribution >= 0.6 is 0 Å². The number of hydrogen-bond acceptors (Lipinski definition) is 1. The van der Waals surface area contributed by atoms with E-state index in [0.717, 1.165) is 12.4 Å². The summed E-state index contributed by atoms with van der Waals surface area (Å²) >= 11 is 0. The zero-order valence-corrected chi connectivity index (χ0v) is 8.20. The van der Waals surface area contributed by atoms with Crippen LogP contribution in [-0.2, 0) is 0 Å². The fourth-order valence-corrected chi connectivity index (χ4v) is 2.75. The molecule has 0 spiro atoms. The molecule has 14 heavy (non-hydrogen) atoms. The van der Waals surface area contributed by atoms with E-state index in [1.807, 2.05) is 6.07 Å². The highest BCUT2D eigenvalue weighted by atomic mass is 16.5. The number of para-hydroxylation sites is 1. The average Bonchev–Trinajstić information content (AvgIpc) is 2.61. The van der Waals surface area contributed by atoms with E-state index in [4.69, 9.17) is 4.74 Å². The lowest BCUT2D eigenvalue weighted by molar-refractivity contribution is 0.215. The van der Waals surface area contributed by atoms with Crippen molar-refractivity contribution in [3.05, 3.63) is 42.0 Å². The van der Waals surface area contributed by atoms with Gasteiger partial charge in [-0.25, -0.2) is 0 Å². The van der Waals surface area contributed by atoms with Crippen LogP contribution < -0.4 is 4.74 Å². The smallest absolute Gasteiger partial charge is 0.123 e. The third-order valence-corrected chi connectivity index (χ3v) is 3.45. The third-order valence-electron chi connectivity index (χ3n) is 3.45. The summed E-state index contributed by atoms with van der Waals surface area (Å²) in [7, 11) is 0. The van der Waals surface area contributed by atoms with E-state index in [1.165, 1.54) is 24.0 Å². The van der Waals surface area contributed by atoms with Crippen molar-refractivity contribution in [2.45, 2.75) is 18.8 Å². The van der Waals surface area contributed by atoms with Crippen molar-refractivity contribution in [1.29, 1.82) is 0 Å². The van der Waals surface area contributed by atoms with Crippen molar-refractivity contribution in [3.8, 4) is 5.75 Å². The van der Waals surface area contributed by atoms with Gasteiger partial charge in [0.25, 0.3) is 0 Å². The van der Waals surface area contributed by atoms with E-state index >= 15 is 0 Å². The summed E-state index contributed by atoms with van der Waals surface area (Å²) < 4.78 is 5.74. The van der Waals surface area contributed by atoms with E-state index < -0.39 is 0 Å². The maximum absolute atomic E-state index is 5.74. The van der Waals surface area contributed by atoms with E-state index in [0.29, 0.717) is 11.8 Å². The Morgan fingerprint density at radius 3 is 3.07 bits per heavy atom. The van der Waals surface area contributed by atoms with Gasteiger partial charge in [0.15, 0.2) is 0 Å². The van der Waals surface area contributed by atoms with E-state index in [9.17, 15) is 0 Å². The molecule has 1 nitrogen and oxygen atoms in total. The lowest BCUT2D eigenvalue weighted by atomic mass is 9.85. The van der Waals surface area contributed by atoms with Gasteiger partial charge in [-0.3, -0.25) is 0 Å². The second-order valence-corrected chi connectivity index (χ2v) is 4.28. The van der Waals surface area contributed by atoms with Gasteiger partial charge in [0.2, 0.25) is 0 Å². The van der Waals surface area contributed by atoms with Crippen LogP contribution in [0.3, 0.4) is 0 Å². The molecule has 1 aliphatic heterocycles. The molecule has 2 unspecified atom stereocenters. The molecule has 0 saturated heterocycles. The molecular weight excluding hydrogens is 172 g/mol. The number of rotatable bonds is 0. The van der Waals surface area contributed by atoms with Gasteiger partial charge in [0.1, 0.15) is 5.75 Å². The van der Waals surface area contributed by atoms with Crippen molar-refractivity contribution in [2.24, 2.45) is 5.92 Å². The minimum Gasteiger partial charge on any atom is -0.493 e. The third kappa shape index (κ3) is 1.02. The summed E-state index contributed by atoms with van der Waals surface area (Å²) in [6, 6.07) is 8.38. The standard InChI is InChI=1S/C13H14O/c1-9-6-7-10-8-14-12-5-3-2-4-11(12)13(9)10/h2-5,10,13H,1,6-8H2. The molecule has 1 fully saturated rings.